The second-order valence-electron chi connectivity index (χ2n) is 3.34. The summed E-state index contributed by atoms with van der Waals surface area (Å²) in [5.41, 5.74) is 0. The van der Waals surface area contributed by atoms with Crippen molar-refractivity contribution < 1.29 is 28.5 Å². The van der Waals surface area contributed by atoms with Gasteiger partial charge in [0, 0.05) is 6.07 Å². The van der Waals surface area contributed by atoms with Crippen LogP contribution < -0.4 is 9.47 Å². The summed E-state index contributed by atoms with van der Waals surface area (Å²) in [6.45, 7) is 0. The molecule has 0 N–H and O–H groups in total. The van der Waals surface area contributed by atoms with E-state index < -0.39 is 18.0 Å². The van der Waals surface area contributed by atoms with E-state index in [0.29, 0.717) is 5.75 Å². The standard InChI is InChI=1S/C12H13ClO6/c1-16-7-4-5-8(13)9(6-7)19-10(11(14)17-2)12(15)18-3/h4-6,10H,1-3H3. The lowest BCUT2D eigenvalue weighted by molar-refractivity contribution is -0.163. The molecule has 0 fully saturated rings. The summed E-state index contributed by atoms with van der Waals surface area (Å²) >= 11 is 5.91. The van der Waals surface area contributed by atoms with Crippen LogP contribution in [0, 0.1) is 0 Å². The number of esters is 2. The number of ether oxygens (including phenoxy) is 4. The number of carbonyl (C=O) groups is 2. The van der Waals surface area contributed by atoms with E-state index in [1.54, 1.807) is 6.07 Å². The Bertz CT molecular complexity index is 457. The van der Waals surface area contributed by atoms with E-state index >= 15 is 0 Å². The minimum absolute atomic E-state index is 0.113. The molecule has 0 radical (unpaired) electrons. The molecule has 6 nitrogen and oxygen atoms in total. The number of halogens is 1. The van der Waals surface area contributed by atoms with Crippen LogP contribution in [0.2, 0.25) is 5.02 Å². The van der Waals surface area contributed by atoms with Crippen molar-refractivity contribution >= 4 is 23.5 Å². The molecule has 0 aliphatic rings. The zero-order valence-corrected chi connectivity index (χ0v) is 11.4. The number of methoxy groups -OCH3 is 3. The quantitative estimate of drug-likeness (QED) is 0.603. The Labute approximate surface area is 115 Å². The first-order valence-electron chi connectivity index (χ1n) is 5.19. The van der Waals surface area contributed by atoms with Crippen molar-refractivity contribution in [2.75, 3.05) is 21.3 Å². The maximum atomic E-state index is 11.5. The highest BCUT2D eigenvalue weighted by Gasteiger charge is 2.31. The van der Waals surface area contributed by atoms with Crippen LogP contribution >= 0.6 is 11.6 Å². The molecule has 0 aliphatic heterocycles. The van der Waals surface area contributed by atoms with E-state index in [9.17, 15) is 9.59 Å². The smallest absolute Gasteiger partial charge is 0.359 e. The highest BCUT2D eigenvalue weighted by atomic mass is 35.5. The molecular weight excluding hydrogens is 276 g/mol. The first-order valence-corrected chi connectivity index (χ1v) is 5.57. The van der Waals surface area contributed by atoms with Crippen LogP contribution in [0.5, 0.6) is 11.5 Å². The Morgan fingerprint density at radius 3 is 2.16 bits per heavy atom. The van der Waals surface area contributed by atoms with Gasteiger partial charge in [0.1, 0.15) is 11.5 Å². The van der Waals surface area contributed by atoms with Gasteiger partial charge in [-0.25, -0.2) is 9.59 Å². The van der Waals surface area contributed by atoms with Gasteiger partial charge in [-0.2, -0.15) is 0 Å². The van der Waals surface area contributed by atoms with Crippen LogP contribution in [0.4, 0.5) is 0 Å². The zero-order valence-electron chi connectivity index (χ0n) is 10.6. The van der Waals surface area contributed by atoms with Crippen LogP contribution in [0.1, 0.15) is 0 Å². The molecule has 19 heavy (non-hydrogen) atoms. The van der Waals surface area contributed by atoms with Gasteiger partial charge in [-0.05, 0) is 12.1 Å². The molecule has 0 aliphatic carbocycles. The van der Waals surface area contributed by atoms with Crippen LogP contribution in [0.15, 0.2) is 18.2 Å². The van der Waals surface area contributed by atoms with E-state index in [2.05, 4.69) is 9.47 Å². The Balaban J connectivity index is 3.02. The minimum atomic E-state index is -1.54. The molecule has 0 spiro atoms. The number of benzene rings is 1. The Hall–Kier alpha value is -1.95. The highest BCUT2D eigenvalue weighted by molar-refractivity contribution is 6.32. The molecule has 1 rings (SSSR count). The number of carbonyl (C=O) groups excluding carboxylic acids is 2. The van der Waals surface area contributed by atoms with Gasteiger partial charge < -0.3 is 18.9 Å². The molecule has 0 heterocycles. The summed E-state index contributed by atoms with van der Waals surface area (Å²) in [7, 11) is 3.73. The largest absolute Gasteiger partial charge is 0.497 e. The Morgan fingerprint density at radius 2 is 1.68 bits per heavy atom. The van der Waals surface area contributed by atoms with Crippen molar-refractivity contribution in [3.8, 4) is 11.5 Å². The molecule has 104 valence electrons. The van der Waals surface area contributed by atoms with Crippen molar-refractivity contribution in [1.82, 2.24) is 0 Å². The Morgan fingerprint density at radius 1 is 1.11 bits per heavy atom. The molecular formula is C12H13ClO6. The lowest BCUT2D eigenvalue weighted by atomic mass is 10.3. The topological polar surface area (TPSA) is 71.1 Å². The van der Waals surface area contributed by atoms with Gasteiger partial charge in [0.05, 0.1) is 26.4 Å². The van der Waals surface area contributed by atoms with E-state index in [-0.39, 0.29) is 10.8 Å². The average molecular weight is 289 g/mol. The fraction of sp³-hybridized carbons (Fsp3) is 0.333. The maximum absolute atomic E-state index is 11.5. The van der Waals surface area contributed by atoms with Gasteiger partial charge in [-0.3, -0.25) is 0 Å². The van der Waals surface area contributed by atoms with Gasteiger partial charge in [0.15, 0.2) is 0 Å². The predicted molar refractivity (Wildman–Crippen MR) is 66.5 cm³/mol. The Kier molecular flexibility index (Phi) is 5.44. The molecule has 0 bridgehead atoms. The molecule has 7 heteroatoms. The van der Waals surface area contributed by atoms with E-state index in [1.165, 1.54) is 19.2 Å². The third-order valence-electron chi connectivity index (χ3n) is 2.21. The molecule has 1 aromatic rings. The molecule has 0 amide bonds. The SMILES string of the molecule is COC(=O)C(Oc1cc(OC)ccc1Cl)C(=O)OC. The summed E-state index contributed by atoms with van der Waals surface area (Å²) in [5.74, 6) is -1.19. The average Bonchev–Trinajstić information content (AvgIpc) is 2.44. The fourth-order valence-electron chi connectivity index (χ4n) is 1.23. The first-order chi connectivity index (χ1) is 9.03. The van der Waals surface area contributed by atoms with Crippen molar-refractivity contribution in [3.05, 3.63) is 23.2 Å². The molecule has 0 aromatic heterocycles. The lowest BCUT2D eigenvalue weighted by Gasteiger charge is -2.16. The number of hydrogen-bond donors (Lipinski definition) is 0. The zero-order chi connectivity index (χ0) is 14.4. The second-order valence-corrected chi connectivity index (χ2v) is 3.75. The van der Waals surface area contributed by atoms with E-state index in [0.717, 1.165) is 14.2 Å². The van der Waals surface area contributed by atoms with Crippen molar-refractivity contribution in [1.29, 1.82) is 0 Å². The highest BCUT2D eigenvalue weighted by Crippen LogP contribution is 2.30. The molecule has 1 aromatic carbocycles. The first kappa shape index (κ1) is 15.1. The monoisotopic (exact) mass is 288 g/mol. The molecule has 0 atom stereocenters. The van der Waals surface area contributed by atoms with Gasteiger partial charge in [-0.1, -0.05) is 11.6 Å². The second kappa shape index (κ2) is 6.84. The van der Waals surface area contributed by atoms with Crippen LogP contribution in [0.3, 0.4) is 0 Å². The van der Waals surface area contributed by atoms with Gasteiger partial charge in [0.25, 0.3) is 6.10 Å². The van der Waals surface area contributed by atoms with Crippen LogP contribution in [-0.2, 0) is 19.1 Å². The third-order valence-corrected chi connectivity index (χ3v) is 2.53. The molecule has 0 unspecified atom stereocenters. The lowest BCUT2D eigenvalue weighted by Crippen LogP contribution is -2.37. The minimum Gasteiger partial charge on any atom is -0.497 e. The van der Waals surface area contributed by atoms with Crippen LogP contribution in [-0.4, -0.2) is 39.4 Å². The normalized spacial score (nSPS) is 9.95. The van der Waals surface area contributed by atoms with E-state index in [4.69, 9.17) is 21.1 Å². The van der Waals surface area contributed by atoms with Crippen molar-refractivity contribution in [2.24, 2.45) is 0 Å². The van der Waals surface area contributed by atoms with Crippen molar-refractivity contribution in [2.45, 2.75) is 6.10 Å². The molecule has 0 saturated carbocycles. The van der Waals surface area contributed by atoms with Crippen molar-refractivity contribution in [3.63, 3.8) is 0 Å². The van der Waals surface area contributed by atoms with Gasteiger partial charge >= 0.3 is 11.9 Å². The van der Waals surface area contributed by atoms with Gasteiger partial charge in [0.2, 0.25) is 0 Å². The number of hydrogen-bond acceptors (Lipinski definition) is 6. The molecule has 0 saturated heterocycles. The summed E-state index contributed by atoms with van der Waals surface area (Å²) in [5, 5.41) is 0.221. The summed E-state index contributed by atoms with van der Waals surface area (Å²) < 4.78 is 19.2. The van der Waals surface area contributed by atoms with E-state index in [1.807, 2.05) is 0 Å². The number of rotatable bonds is 5. The third kappa shape index (κ3) is 3.75. The summed E-state index contributed by atoms with van der Waals surface area (Å²) in [4.78, 5) is 22.9. The predicted octanol–water partition coefficient (Wildman–Crippen LogP) is 1.44. The summed E-state index contributed by atoms with van der Waals surface area (Å²) in [6.07, 6.45) is -1.54. The van der Waals surface area contributed by atoms with Gasteiger partial charge in [-0.15, -0.1) is 0 Å². The fourth-order valence-corrected chi connectivity index (χ4v) is 1.40. The summed E-state index contributed by atoms with van der Waals surface area (Å²) in [6, 6.07) is 4.57. The maximum Gasteiger partial charge on any atom is 0.359 e. The van der Waals surface area contributed by atoms with Crippen LogP contribution in [0.25, 0.3) is 0 Å².